The number of carboxylic acid groups (broad SMARTS) is 1. The van der Waals surface area contributed by atoms with Crippen LogP contribution in [0.4, 0.5) is 0 Å². The van der Waals surface area contributed by atoms with Crippen LogP contribution in [0.15, 0.2) is 24.5 Å². The van der Waals surface area contributed by atoms with Gasteiger partial charge in [-0.05, 0) is 36.0 Å². The van der Waals surface area contributed by atoms with Crippen LogP contribution in [0.3, 0.4) is 0 Å². The number of carbonyl (C=O) groups is 1. The molecule has 0 aromatic carbocycles. The van der Waals surface area contributed by atoms with Crippen LogP contribution >= 0.6 is 0 Å². The zero-order chi connectivity index (χ0) is 11.3. The minimum Gasteiger partial charge on any atom is -0.481 e. The zero-order valence-corrected chi connectivity index (χ0v) is 9.18. The summed E-state index contributed by atoms with van der Waals surface area (Å²) in [5, 5.41) is 8.80. The van der Waals surface area contributed by atoms with Crippen LogP contribution in [-0.2, 0) is 11.2 Å². The van der Waals surface area contributed by atoms with E-state index in [1.807, 2.05) is 12.1 Å². The number of pyridine rings is 1. The fraction of sp³-hybridized carbons (Fsp3) is 0.500. The summed E-state index contributed by atoms with van der Waals surface area (Å²) in [5.41, 5.74) is 1.16. The Bertz CT molecular complexity index is 309. The predicted octanol–water partition coefficient (Wildman–Crippen LogP) is 2.37. The average molecular weight is 207 g/mol. The molecular weight excluding hydrogens is 190 g/mol. The standard InChI is InChI=1S/C12H17NO2/c1-9(2)11(8-12(14)15)7-10-3-5-13-6-4-10/h3-6,9,11H,7-8H2,1-2H3,(H,14,15). The van der Waals surface area contributed by atoms with Crippen LogP contribution in [0.1, 0.15) is 25.8 Å². The number of nitrogens with zero attached hydrogens (tertiary/aromatic N) is 1. The van der Waals surface area contributed by atoms with Crippen molar-refractivity contribution in [1.82, 2.24) is 4.98 Å². The van der Waals surface area contributed by atoms with E-state index < -0.39 is 5.97 Å². The van der Waals surface area contributed by atoms with Crippen molar-refractivity contribution >= 4 is 5.97 Å². The second kappa shape index (κ2) is 5.49. The smallest absolute Gasteiger partial charge is 0.303 e. The summed E-state index contributed by atoms with van der Waals surface area (Å²) < 4.78 is 0. The van der Waals surface area contributed by atoms with Gasteiger partial charge in [0.1, 0.15) is 0 Å². The molecule has 0 aliphatic carbocycles. The maximum absolute atomic E-state index is 10.7. The van der Waals surface area contributed by atoms with Gasteiger partial charge in [-0.3, -0.25) is 9.78 Å². The van der Waals surface area contributed by atoms with E-state index >= 15 is 0 Å². The van der Waals surface area contributed by atoms with Crippen LogP contribution in [0, 0.1) is 11.8 Å². The first-order valence-electron chi connectivity index (χ1n) is 5.20. The highest BCUT2D eigenvalue weighted by Crippen LogP contribution is 2.20. The molecule has 0 bridgehead atoms. The summed E-state index contributed by atoms with van der Waals surface area (Å²) >= 11 is 0. The van der Waals surface area contributed by atoms with E-state index in [0.717, 1.165) is 12.0 Å². The maximum Gasteiger partial charge on any atom is 0.303 e. The van der Waals surface area contributed by atoms with Crippen molar-refractivity contribution in [3.63, 3.8) is 0 Å². The SMILES string of the molecule is CC(C)C(CC(=O)O)Cc1ccncc1. The molecule has 1 rings (SSSR count). The minimum atomic E-state index is -0.720. The molecule has 15 heavy (non-hydrogen) atoms. The summed E-state index contributed by atoms with van der Waals surface area (Å²) in [4.78, 5) is 14.6. The van der Waals surface area contributed by atoms with E-state index in [2.05, 4.69) is 18.8 Å². The lowest BCUT2D eigenvalue weighted by Crippen LogP contribution is -2.16. The molecule has 82 valence electrons. The van der Waals surface area contributed by atoms with Gasteiger partial charge in [-0.25, -0.2) is 0 Å². The van der Waals surface area contributed by atoms with E-state index in [9.17, 15) is 4.79 Å². The fourth-order valence-corrected chi connectivity index (χ4v) is 1.59. The summed E-state index contributed by atoms with van der Waals surface area (Å²) in [6.07, 6.45) is 4.54. The van der Waals surface area contributed by atoms with Gasteiger partial charge in [0, 0.05) is 18.8 Å². The molecule has 1 heterocycles. The molecule has 0 amide bonds. The third-order valence-corrected chi connectivity index (χ3v) is 2.63. The minimum absolute atomic E-state index is 0.199. The first kappa shape index (κ1) is 11.7. The monoisotopic (exact) mass is 207 g/mol. The van der Waals surface area contributed by atoms with Gasteiger partial charge < -0.3 is 5.11 Å². The van der Waals surface area contributed by atoms with Crippen LogP contribution in [0.5, 0.6) is 0 Å². The molecule has 1 N–H and O–H groups in total. The molecule has 0 radical (unpaired) electrons. The van der Waals surface area contributed by atoms with Gasteiger partial charge in [0.05, 0.1) is 0 Å². The summed E-state index contributed by atoms with van der Waals surface area (Å²) in [6.45, 7) is 4.13. The van der Waals surface area contributed by atoms with Crippen molar-refractivity contribution < 1.29 is 9.90 Å². The third kappa shape index (κ3) is 4.11. The first-order chi connectivity index (χ1) is 7.09. The molecule has 0 fully saturated rings. The van der Waals surface area contributed by atoms with E-state index in [1.54, 1.807) is 12.4 Å². The molecule has 3 nitrogen and oxygen atoms in total. The third-order valence-electron chi connectivity index (χ3n) is 2.63. The van der Waals surface area contributed by atoms with Crippen molar-refractivity contribution in [3.8, 4) is 0 Å². The number of aliphatic carboxylic acids is 1. The normalized spacial score (nSPS) is 12.7. The summed E-state index contributed by atoms with van der Waals surface area (Å²) in [5.74, 6) is -0.137. The molecule has 0 saturated carbocycles. The van der Waals surface area contributed by atoms with E-state index in [4.69, 9.17) is 5.11 Å². The Morgan fingerprint density at radius 1 is 1.40 bits per heavy atom. The number of carboxylic acids is 1. The Morgan fingerprint density at radius 3 is 2.47 bits per heavy atom. The van der Waals surface area contributed by atoms with Crippen molar-refractivity contribution in [1.29, 1.82) is 0 Å². The van der Waals surface area contributed by atoms with Gasteiger partial charge in [-0.2, -0.15) is 0 Å². The number of aromatic nitrogens is 1. The Morgan fingerprint density at radius 2 is 2.00 bits per heavy atom. The summed E-state index contributed by atoms with van der Waals surface area (Å²) in [7, 11) is 0. The topological polar surface area (TPSA) is 50.2 Å². The van der Waals surface area contributed by atoms with Gasteiger partial charge in [0.25, 0.3) is 0 Å². The highest BCUT2D eigenvalue weighted by atomic mass is 16.4. The second-order valence-electron chi connectivity index (χ2n) is 4.16. The lowest BCUT2D eigenvalue weighted by atomic mass is 9.87. The first-order valence-corrected chi connectivity index (χ1v) is 5.20. The van der Waals surface area contributed by atoms with Gasteiger partial charge in [-0.1, -0.05) is 13.8 Å². The Labute approximate surface area is 90.2 Å². The van der Waals surface area contributed by atoms with Crippen LogP contribution in [0.25, 0.3) is 0 Å². The second-order valence-corrected chi connectivity index (χ2v) is 4.16. The molecule has 3 heteroatoms. The molecular formula is C12H17NO2. The van der Waals surface area contributed by atoms with Gasteiger partial charge >= 0.3 is 5.97 Å². The largest absolute Gasteiger partial charge is 0.481 e. The van der Waals surface area contributed by atoms with E-state index in [1.165, 1.54) is 0 Å². The van der Waals surface area contributed by atoms with Crippen LogP contribution in [-0.4, -0.2) is 16.1 Å². The Balaban J connectivity index is 2.63. The number of rotatable bonds is 5. The van der Waals surface area contributed by atoms with Crippen LogP contribution in [0.2, 0.25) is 0 Å². The van der Waals surface area contributed by atoms with Crippen molar-refractivity contribution in [2.24, 2.45) is 11.8 Å². The molecule has 0 aliphatic rings. The van der Waals surface area contributed by atoms with E-state index in [0.29, 0.717) is 5.92 Å². The molecule has 0 saturated heterocycles. The van der Waals surface area contributed by atoms with Crippen molar-refractivity contribution in [2.45, 2.75) is 26.7 Å². The van der Waals surface area contributed by atoms with Crippen molar-refractivity contribution in [3.05, 3.63) is 30.1 Å². The Kier molecular flexibility index (Phi) is 4.28. The molecule has 1 unspecified atom stereocenters. The van der Waals surface area contributed by atoms with E-state index in [-0.39, 0.29) is 12.3 Å². The van der Waals surface area contributed by atoms with Crippen LogP contribution < -0.4 is 0 Å². The zero-order valence-electron chi connectivity index (χ0n) is 9.18. The number of hydrogen-bond donors (Lipinski definition) is 1. The molecule has 1 aromatic heterocycles. The number of hydrogen-bond acceptors (Lipinski definition) is 2. The van der Waals surface area contributed by atoms with Gasteiger partial charge in [-0.15, -0.1) is 0 Å². The lowest BCUT2D eigenvalue weighted by molar-refractivity contribution is -0.138. The highest BCUT2D eigenvalue weighted by Gasteiger charge is 2.17. The molecule has 0 aliphatic heterocycles. The molecule has 1 aromatic rings. The predicted molar refractivity (Wildman–Crippen MR) is 58.5 cm³/mol. The fourth-order valence-electron chi connectivity index (χ4n) is 1.59. The maximum atomic E-state index is 10.7. The highest BCUT2D eigenvalue weighted by molar-refractivity contribution is 5.67. The molecule has 1 atom stereocenters. The summed E-state index contributed by atoms with van der Waals surface area (Å²) in [6, 6.07) is 3.88. The lowest BCUT2D eigenvalue weighted by Gasteiger charge is -2.18. The average Bonchev–Trinajstić information content (AvgIpc) is 2.17. The van der Waals surface area contributed by atoms with Gasteiger partial charge in [0.2, 0.25) is 0 Å². The molecule has 0 spiro atoms. The Hall–Kier alpha value is -1.38. The van der Waals surface area contributed by atoms with Crippen molar-refractivity contribution in [2.75, 3.05) is 0 Å². The van der Waals surface area contributed by atoms with Gasteiger partial charge in [0.15, 0.2) is 0 Å². The quantitative estimate of drug-likeness (QED) is 0.806.